The van der Waals surface area contributed by atoms with E-state index in [-0.39, 0.29) is 12.0 Å². The molecule has 2 heterocycles. The molecule has 0 spiro atoms. The monoisotopic (exact) mass is 567 g/mol. The molecule has 0 bridgehead atoms. The van der Waals surface area contributed by atoms with E-state index in [0.717, 1.165) is 45.9 Å². The number of ether oxygens (including phenoxy) is 1. The quantitative estimate of drug-likeness (QED) is 0.142. The van der Waals surface area contributed by atoms with Crippen molar-refractivity contribution in [2.45, 2.75) is 39.2 Å². The van der Waals surface area contributed by atoms with Crippen LogP contribution >= 0.6 is 0 Å². The van der Waals surface area contributed by atoms with Gasteiger partial charge in [-0.2, -0.15) is 5.10 Å². The van der Waals surface area contributed by atoms with Gasteiger partial charge < -0.3 is 25.4 Å². The van der Waals surface area contributed by atoms with Crippen LogP contribution in [-0.4, -0.2) is 68.9 Å². The molecule has 4 N–H and O–H groups in total. The topological polar surface area (TPSA) is 128 Å². The molecule has 0 saturated heterocycles. The zero-order valence-electron chi connectivity index (χ0n) is 24.2. The number of carbonyl (C=O) groups excluding carboxylic acids is 1. The SMILES string of the molecule is CCCC(=O)Nc1cccc(-c2nc(Nc3ccc4[nH]ncc4c3)c3cc(OCCN(C)CC(O)CC)ccc3n2)c1. The Bertz CT molecular complexity index is 1670. The Hall–Kier alpha value is -4.54. The molecule has 0 radical (unpaired) electrons. The number of likely N-dealkylation sites (N-methyl/N-ethyl adjacent to an activating group) is 1. The molecule has 0 saturated carbocycles. The molecule has 0 fully saturated rings. The van der Waals surface area contributed by atoms with E-state index >= 15 is 0 Å². The van der Waals surface area contributed by atoms with Crippen molar-refractivity contribution < 1.29 is 14.6 Å². The summed E-state index contributed by atoms with van der Waals surface area (Å²) in [4.78, 5) is 24.0. The molecule has 1 amide bonds. The van der Waals surface area contributed by atoms with E-state index in [2.05, 4.69) is 25.7 Å². The van der Waals surface area contributed by atoms with Crippen molar-refractivity contribution in [1.82, 2.24) is 25.1 Å². The van der Waals surface area contributed by atoms with Gasteiger partial charge in [-0.05, 0) is 68.4 Å². The lowest BCUT2D eigenvalue weighted by Gasteiger charge is -2.20. The maximum absolute atomic E-state index is 12.2. The van der Waals surface area contributed by atoms with Gasteiger partial charge >= 0.3 is 0 Å². The van der Waals surface area contributed by atoms with E-state index in [1.807, 2.05) is 81.6 Å². The molecule has 5 aromatic rings. The molecule has 1 unspecified atom stereocenters. The van der Waals surface area contributed by atoms with Crippen LogP contribution in [0.5, 0.6) is 5.75 Å². The first kappa shape index (κ1) is 29.0. The van der Waals surface area contributed by atoms with Crippen LogP contribution in [0, 0.1) is 0 Å². The van der Waals surface area contributed by atoms with E-state index in [4.69, 9.17) is 14.7 Å². The number of aliphatic hydroxyl groups is 1. The van der Waals surface area contributed by atoms with Crippen LogP contribution in [-0.2, 0) is 4.79 Å². The Morgan fingerprint density at radius 3 is 2.79 bits per heavy atom. The van der Waals surface area contributed by atoms with Gasteiger partial charge in [0.25, 0.3) is 0 Å². The molecular weight excluding hydrogens is 530 g/mol. The molecule has 3 aromatic carbocycles. The third kappa shape index (κ3) is 7.20. The molecule has 5 rings (SSSR count). The van der Waals surface area contributed by atoms with Crippen LogP contribution in [0.3, 0.4) is 0 Å². The number of amides is 1. The summed E-state index contributed by atoms with van der Waals surface area (Å²) in [6.45, 7) is 5.72. The molecule has 42 heavy (non-hydrogen) atoms. The molecule has 0 aliphatic heterocycles. The number of aromatic nitrogens is 4. The van der Waals surface area contributed by atoms with Crippen molar-refractivity contribution in [2.24, 2.45) is 0 Å². The number of nitrogens with zero attached hydrogens (tertiary/aromatic N) is 4. The van der Waals surface area contributed by atoms with E-state index in [9.17, 15) is 9.90 Å². The molecular formula is C32H37N7O3. The van der Waals surface area contributed by atoms with Gasteiger partial charge in [0.2, 0.25) is 5.91 Å². The fraction of sp³-hybridized carbons (Fsp3) is 0.312. The van der Waals surface area contributed by atoms with E-state index in [1.54, 1.807) is 6.20 Å². The smallest absolute Gasteiger partial charge is 0.224 e. The van der Waals surface area contributed by atoms with Gasteiger partial charge in [0.05, 0.1) is 23.3 Å². The van der Waals surface area contributed by atoms with E-state index in [0.29, 0.717) is 49.2 Å². The van der Waals surface area contributed by atoms with Crippen molar-refractivity contribution in [2.75, 3.05) is 37.4 Å². The van der Waals surface area contributed by atoms with E-state index < -0.39 is 0 Å². The highest BCUT2D eigenvalue weighted by molar-refractivity contribution is 5.95. The Labute approximate surface area is 245 Å². The van der Waals surface area contributed by atoms with Crippen LogP contribution < -0.4 is 15.4 Å². The van der Waals surface area contributed by atoms with Gasteiger partial charge in [-0.3, -0.25) is 9.89 Å². The predicted molar refractivity (Wildman–Crippen MR) is 167 cm³/mol. The summed E-state index contributed by atoms with van der Waals surface area (Å²) in [5.74, 6) is 1.85. The number of benzene rings is 3. The second kappa shape index (κ2) is 13.4. The normalized spacial score (nSPS) is 12.1. The number of fused-ring (bicyclic) bond motifs is 2. The summed E-state index contributed by atoms with van der Waals surface area (Å²) in [5.41, 5.74) is 4.05. The van der Waals surface area contributed by atoms with Gasteiger partial charge in [0, 0.05) is 47.2 Å². The van der Waals surface area contributed by atoms with Crippen LogP contribution in [0.4, 0.5) is 17.2 Å². The molecule has 10 nitrogen and oxygen atoms in total. The highest BCUT2D eigenvalue weighted by Gasteiger charge is 2.14. The summed E-state index contributed by atoms with van der Waals surface area (Å²) in [5, 5.41) is 25.2. The first-order chi connectivity index (χ1) is 20.4. The minimum Gasteiger partial charge on any atom is -0.492 e. The van der Waals surface area contributed by atoms with Gasteiger partial charge in [-0.1, -0.05) is 26.0 Å². The second-order valence-electron chi connectivity index (χ2n) is 10.4. The average molecular weight is 568 g/mol. The zero-order valence-corrected chi connectivity index (χ0v) is 24.2. The van der Waals surface area contributed by atoms with Crippen LogP contribution in [0.1, 0.15) is 33.1 Å². The average Bonchev–Trinajstić information content (AvgIpc) is 3.45. The maximum Gasteiger partial charge on any atom is 0.224 e. The largest absolute Gasteiger partial charge is 0.492 e. The Kier molecular flexibility index (Phi) is 9.25. The minimum atomic E-state index is -0.342. The van der Waals surface area contributed by atoms with Crippen LogP contribution in [0.2, 0.25) is 0 Å². The van der Waals surface area contributed by atoms with Gasteiger partial charge in [-0.15, -0.1) is 0 Å². The number of H-pyrrole nitrogens is 1. The van der Waals surface area contributed by atoms with Crippen molar-refractivity contribution in [1.29, 1.82) is 0 Å². The van der Waals surface area contributed by atoms with Crippen molar-refractivity contribution in [3.05, 3.63) is 66.9 Å². The molecule has 0 aliphatic rings. The number of aliphatic hydroxyl groups excluding tert-OH is 1. The van der Waals surface area contributed by atoms with Crippen LogP contribution in [0.25, 0.3) is 33.2 Å². The van der Waals surface area contributed by atoms with Gasteiger partial charge in [0.1, 0.15) is 18.2 Å². The van der Waals surface area contributed by atoms with Crippen LogP contribution in [0.15, 0.2) is 66.9 Å². The van der Waals surface area contributed by atoms with Gasteiger partial charge in [0.15, 0.2) is 5.82 Å². The highest BCUT2D eigenvalue weighted by Crippen LogP contribution is 2.31. The van der Waals surface area contributed by atoms with E-state index in [1.165, 1.54) is 0 Å². The summed E-state index contributed by atoms with van der Waals surface area (Å²) < 4.78 is 6.08. The zero-order chi connectivity index (χ0) is 29.5. The first-order valence-electron chi connectivity index (χ1n) is 14.3. The minimum absolute atomic E-state index is 0.0219. The molecule has 1 atom stereocenters. The summed E-state index contributed by atoms with van der Waals surface area (Å²) in [6, 6.07) is 19.3. The first-order valence-corrected chi connectivity index (χ1v) is 14.3. The Morgan fingerprint density at radius 1 is 1.07 bits per heavy atom. The number of anilines is 3. The lowest BCUT2D eigenvalue weighted by Crippen LogP contribution is -2.31. The summed E-state index contributed by atoms with van der Waals surface area (Å²) in [6.07, 6.45) is 3.41. The number of hydrogen-bond donors (Lipinski definition) is 4. The molecule has 0 aliphatic carbocycles. The predicted octanol–water partition coefficient (Wildman–Crippen LogP) is 5.74. The molecule has 10 heteroatoms. The second-order valence-corrected chi connectivity index (χ2v) is 10.4. The number of nitrogens with one attached hydrogen (secondary N) is 3. The molecule has 218 valence electrons. The number of carbonyl (C=O) groups is 1. The lowest BCUT2D eigenvalue weighted by atomic mass is 10.1. The maximum atomic E-state index is 12.2. The third-order valence-electron chi connectivity index (χ3n) is 6.99. The Morgan fingerprint density at radius 2 is 1.95 bits per heavy atom. The van der Waals surface area contributed by atoms with Crippen molar-refractivity contribution in [3.8, 4) is 17.1 Å². The molecule has 2 aromatic heterocycles. The number of hydrogen-bond acceptors (Lipinski definition) is 8. The number of rotatable bonds is 13. The Balaban J connectivity index is 1.46. The summed E-state index contributed by atoms with van der Waals surface area (Å²) >= 11 is 0. The van der Waals surface area contributed by atoms with Crippen molar-refractivity contribution in [3.63, 3.8) is 0 Å². The standard InChI is InChI=1S/C32H37N7O3/c1-4-7-30(41)34-23-9-6-8-21(16-23)31-36-29-13-11-26(42-15-14-39(3)20-25(40)5-2)18-27(29)32(37-31)35-24-10-12-28-22(17-24)19-33-38-28/h6,8-13,16-19,25,40H,4-5,7,14-15,20H2,1-3H3,(H,33,38)(H,34,41)(H,35,36,37). The third-order valence-corrected chi connectivity index (χ3v) is 6.99. The van der Waals surface area contributed by atoms with Crippen molar-refractivity contribution >= 4 is 44.9 Å². The highest BCUT2D eigenvalue weighted by atomic mass is 16.5. The summed E-state index contributed by atoms with van der Waals surface area (Å²) in [7, 11) is 1.97. The number of aromatic amines is 1. The lowest BCUT2D eigenvalue weighted by molar-refractivity contribution is -0.116. The fourth-order valence-electron chi connectivity index (χ4n) is 4.66. The van der Waals surface area contributed by atoms with Gasteiger partial charge in [-0.25, -0.2) is 9.97 Å². The fourth-order valence-corrected chi connectivity index (χ4v) is 4.66.